The average molecular weight is 405 g/mol. The molecule has 1 unspecified atom stereocenters. The monoisotopic (exact) mass is 405 g/mol. The van der Waals surface area contributed by atoms with Gasteiger partial charge in [0, 0.05) is 18.0 Å². The number of amides is 1. The lowest BCUT2D eigenvalue weighted by Gasteiger charge is -2.23. The summed E-state index contributed by atoms with van der Waals surface area (Å²) in [6.45, 7) is 0. The smallest absolute Gasteiger partial charge is 0.302 e. The Balaban J connectivity index is 1.91. The van der Waals surface area contributed by atoms with Crippen molar-refractivity contribution < 1.29 is 23.8 Å². The van der Waals surface area contributed by atoms with Crippen LogP contribution in [0.1, 0.15) is 17.2 Å². The maximum atomic E-state index is 13.5. The quantitative estimate of drug-likeness (QED) is 0.407. The van der Waals surface area contributed by atoms with Crippen molar-refractivity contribution in [1.29, 1.82) is 0 Å². The Morgan fingerprint density at radius 2 is 1.67 bits per heavy atom. The SMILES string of the molecule is COc1ccc(/C(O)=C2\C(=O)C(=O)N(c3ncccn3)C2c2ccc(F)cc2)cc1. The zero-order valence-electron chi connectivity index (χ0n) is 15.8. The molecule has 4 rings (SSSR count). The number of carbonyl (C=O) groups is 2. The van der Waals surface area contributed by atoms with Crippen molar-refractivity contribution >= 4 is 23.4 Å². The summed E-state index contributed by atoms with van der Waals surface area (Å²) in [6, 6.07) is 12.3. The Morgan fingerprint density at radius 3 is 2.27 bits per heavy atom. The van der Waals surface area contributed by atoms with Gasteiger partial charge >= 0.3 is 5.91 Å². The van der Waals surface area contributed by atoms with E-state index in [1.807, 2.05) is 0 Å². The van der Waals surface area contributed by atoms with E-state index in [4.69, 9.17) is 4.74 Å². The van der Waals surface area contributed by atoms with Gasteiger partial charge in [-0.2, -0.15) is 0 Å². The van der Waals surface area contributed by atoms with Crippen LogP contribution in [-0.4, -0.2) is 33.9 Å². The van der Waals surface area contributed by atoms with Gasteiger partial charge in [-0.1, -0.05) is 12.1 Å². The molecule has 8 heteroatoms. The molecule has 1 amide bonds. The highest BCUT2D eigenvalue weighted by Crippen LogP contribution is 2.41. The first-order chi connectivity index (χ1) is 14.5. The first kappa shape index (κ1) is 19.3. The number of methoxy groups -OCH3 is 1. The number of ether oxygens (including phenoxy) is 1. The van der Waals surface area contributed by atoms with Gasteiger partial charge in [-0.25, -0.2) is 14.4 Å². The second-order valence-electron chi connectivity index (χ2n) is 6.50. The maximum Gasteiger partial charge on any atom is 0.302 e. The minimum absolute atomic E-state index is 0.00251. The maximum absolute atomic E-state index is 13.5. The molecule has 2 aromatic carbocycles. The van der Waals surface area contributed by atoms with Crippen molar-refractivity contribution in [2.75, 3.05) is 12.0 Å². The molecule has 0 radical (unpaired) electrons. The van der Waals surface area contributed by atoms with Crippen LogP contribution >= 0.6 is 0 Å². The first-order valence-corrected chi connectivity index (χ1v) is 8.99. The van der Waals surface area contributed by atoms with Crippen molar-refractivity contribution in [2.24, 2.45) is 0 Å². The van der Waals surface area contributed by atoms with E-state index in [2.05, 4.69) is 9.97 Å². The minimum atomic E-state index is -1.02. The van der Waals surface area contributed by atoms with Crippen LogP contribution in [-0.2, 0) is 9.59 Å². The van der Waals surface area contributed by atoms with Gasteiger partial charge in [0.05, 0.1) is 18.7 Å². The molecular weight excluding hydrogens is 389 g/mol. The van der Waals surface area contributed by atoms with Gasteiger partial charge in [0.1, 0.15) is 17.3 Å². The predicted octanol–water partition coefficient (Wildman–Crippen LogP) is 3.25. The molecule has 1 aliphatic rings. The zero-order chi connectivity index (χ0) is 21.3. The van der Waals surface area contributed by atoms with E-state index in [0.29, 0.717) is 16.9 Å². The summed E-state index contributed by atoms with van der Waals surface area (Å²) in [7, 11) is 1.51. The summed E-state index contributed by atoms with van der Waals surface area (Å²) < 4.78 is 18.6. The molecule has 150 valence electrons. The molecule has 1 saturated heterocycles. The summed E-state index contributed by atoms with van der Waals surface area (Å²) in [5.74, 6) is -2.02. The topological polar surface area (TPSA) is 92.6 Å². The first-order valence-electron chi connectivity index (χ1n) is 8.99. The van der Waals surface area contributed by atoms with Crippen LogP contribution in [0.2, 0.25) is 0 Å². The third-order valence-electron chi connectivity index (χ3n) is 4.76. The molecule has 2 heterocycles. The molecule has 0 bridgehead atoms. The predicted molar refractivity (Wildman–Crippen MR) is 106 cm³/mol. The van der Waals surface area contributed by atoms with E-state index in [9.17, 15) is 19.1 Å². The Morgan fingerprint density at radius 1 is 1.03 bits per heavy atom. The van der Waals surface area contributed by atoms with E-state index < -0.39 is 23.5 Å². The van der Waals surface area contributed by atoms with Gasteiger partial charge in [0.15, 0.2) is 0 Å². The Kier molecular flexibility index (Phi) is 4.97. The number of aromatic nitrogens is 2. The van der Waals surface area contributed by atoms with Gasteiger partial charge in [-0.3, -0.25) is 14.5 Å². The lowest BCUT2D eigenvalue weighted by atomic mass is 9.95. The van der Waals surface area contributed by atoms with E-state index in [0.717, 1.165) is 4.90 Å². The molecule has 1 aliphatic heterocycles. The molecule has 0 spiro atoms. The van der Waals surface area contributed by atoms with Crippen molar-refractivity contribution in [3.8, 4) is 5.75 Å². The van der Waals surface area contributed by atoms with Crippen molar-refractivity contribution in [3.63, 3.8) is 0 Å². The van der Waals surface area contributed by atoms with Crippen molar-refractivity contribution in [2.45, 2.75) is 6.04 Å². The van der Waals surface area contributed by atoms with E-state index in [1.165, 1.54) is 43.8 Å². The Bertz CT molecular complexity index is 1130. The number of benzene rings is 2. The number of carbonyl (C=O) groups excluding carboxylic acids is 2. The number of aliphatic hydroxyl groups excluding tert-OH is 1. The summed E-state index contributed by atoms with van der Waals surface area (Å²) >= 11 is 0. The van der Waals surface area contributed by atoms with E-state index in [-0.39, 0.29) is 17.3 Å². The average Bonchev–Trinajstić information content (AvgIpc) is 3.05. The summed E-state index contributed by atoms with van der Waals surface area (Å²) in [6.07, 6.45) is 2.87. The van der Waals surface area contributed by atoms with E-state index in [1.54, 1.807) is 30.3 Å². The van der Waals surface area contributed by atoms with Crippen molar-refractivity contribution in [3.05, 3.63) is 89.5 Å². The fourth-order valence-electron chi connectivity index (χ4n) is 3.32. The molecule has 1 aromatic heterocycles. The van der Waals surface area contributed by atoms with Crippen LogP contribution in [0.4, 0.5) is 10.3 Å². The highest BCUT2D eigenvalue weighted by atomic mass is 19.1. The fourth-order valence-corrected chi connectivity index (χ4v) is 3.32. The number of aliphatic hydroxyl groups is 1. The van der Waals surface area contributed by atoms with Crippen LogP contribution in [0.25, 0.3) is 5.76 Å². The second-order valence-corrected chi connectivity index (χ2v) is 6.50. The van der Waals surface area contributed by atoms with Crippen LogP contribution < -0.4 is 9.64 Å². The van der Waals surface area contributed by atoms with Gasteiger partial charge < -0.3 is 9.84 Å². The molecule has 7 nitrogen and oxygen atoms in total. The van der Waals surface area contributed by atoms with Gasteiger partial charge in [0.2, 0.25) is 5.95 Å². The molecular formula is C22H16FN3O4. The highest BCUT2D eigenvalue weighted by Gasteiger charge is 2.48. The highest BCUT2D eigenvalue weighted by molar-refractivity contribution is 6.51. The number of hydrogen-bond acceptors (Lipinski definition) is 6. The third kappa shape index (κ3) is 3.28. The third-order valence-corrected chi connectivity index (χ3v) is 4.76. The molecule has 0 saturated carbocycles. The summed E-state index contributed by atoms with van der Waals surface area (Å²) in [4.78, 5) is 35.0. The van der Waals surface area contributed by atoms with E-state index >= 15 is 0 Å². The van der Waals surface area contributed by atoms with Crippen LogP contribution in [0.15, 0.2) is 72.6 Å². The molecule has 3 aromatic rings. The second kappa shape index (κ2) is 7.75. The van der Waals surface area contributed by atoms with Crippen molar-refractivity contribution in [1.82, 2.24) is 9.97 Å². The van der Waals surface area contributed by atoms with Crippen LogP contribution in [0.5, 0.6) is 5.75 Å². The van der Waals surface area contributed by atoms with Gasteiger partial charge in [-0.05, 0) is 48.0 Å². The number of anilines is 1. The summed E-state index contributed by atoms with van der Waals surface area (Å²) in [5.41, 5.74) is 0.622. The standard InChI is InChI=1S/C22H16FN3O4/c1-30-16-9-5-14(6-10-16)19(27)17-18(13-3-7-15(23)8-4-13)26(21(29)20(17)28)22-24-11-2-12-25-22/h2-12,18,27H,1H3/b19-17+. The Labute approximate surface area is 171 Å². The fraction of sp³-hybridized carbons (Fsp3) is 0.0909. The number of rotatable bonds is 4. The zero-order valence-corrected chi connectivity index (χ0v) is 15.8. The molecule has 1 fully saturated rings. The summed E-state index contributed by atoms with van der Waals surface area (Å²) in [5, 5.41) is 10.9. The normalized spacial score (nSPS) is 17.9. The Hall–Kier alpha value is -4.07. The molecule has 0 aliphatic carbocycles. The van der Waals surface area contributed by atoms with Gasteiger partial charge in [0.25, 0.3) is 5.78 Å². The number of halogens is 1. The largest absolute Gasteiger partial charge is 0.507 e. The van der Waals surface area contributed by atoms with Crippen LogP contribution in [0, 0.1) is 5.82 Å². The van der Waals surface area contributed by atoms with Gasteiger partial charge in [-0.15, -0.1) is 0 Å². The number of ketones is 1. The lowest BCUT2D eigenvalue weighted by Crippen LogP contribution is -2.31. The van der Waals surface area contributed by atoms with Crippen LogP contribution in [0.3, 0.4) is 0 Å². The number of Topliss-reactive ketones (excluding diaryl/α,β-unsaturated/α-hetero) is 1. The minimum Gasteiger partial charge on any atom is -0.507 e. The molecule has 1 N–H and O–H groups in total. The number of hydrogen-bond donors (Lipinski definition) is 1. The molecule has 30 heavy (non-hydrogen) atoms. The number of nitrogens with zero attached hydrogens (tertiary/aromatic N) is 3. The lowest BCUT2D eigenvalue weighted by molar-refractivity contribution is -0.132. The molecule has 1 atom stereocenters.